The van der Waals surface area contributed by atoms with Gasteiger partial charge in [-0.3, -0.25) is 9.59 Å². The maximum Gasteiger partial charge on any atom is 0.220 e. The first-order valence-corrected chi connectivity index (χ1v) is 4.61. The molecule has 0 saturated heterocycles. The van der Waals surface area contributed by atoms with Gasteiger partial charge in [0.15, 0.2) is 5.78 Å². The first-order valence-electron chi connectivity index (χ1n) is 4.61. The molecule has 0 saturated carbocycles. The summed E-state index contributed by atoms with van der Waals surface area (Å²) in [6.07, 6.45) is 3.88. The van der Waals surface area contributed by atoms with E-state index in [1.807, 2.05) is 19.0 Å². The van der Waals surface area contributed by atoms with Gasteiger partial charge in [-0.25, -0.2) is 0 Å². The molecule has 0 aromatic carbocycles. The van der Waals surface area contributed by atoms with E-state index in [0.717, 1.165) is 6.54 Å². The topological polar surface area (TPSA) is 49.4 Å². The predicted octanol–water partition coefficient (Wildman–Crippen LogP) is 0.199. The average molecular weight is 198 g/mol. The van der Waals surface area contributed by atoms with Crippen molar-refractivity contribution < 1.29 is 9.59 Å². The van der Waals surface area contributed by atoms with Crippen molar-refractivity contribution in [1.29, 1.82) is 0 Å². The molecule has 4 nitrogen and oxygen atoms in total. The van der Waals surface area contributed by atoms with Crippen molar-refractivity contribution in [2.45, 2.75) is 12.8 Å². The van der Waals surface area contributed by atoms with E-state index in [-0.39, 0.29) is 24.5 Å². The van der Waals surface area contributed by atoms with E-state index in [1.165, 1.54) is 6.08 Å². The number of allylic oxidation sites excluding steroid dienone is 1. The minimum absolute atomic E-state index is 0.00421. The van der Waals surface area contributed by atoms with E-state index in [0.29, 0.717) is 0 Å². The van der Waals surface area contributed by atoms with E-state index in [1.54, 1.807) is 13.1 Å². The van der Waals surface area contributed by atoms with Crippen molar-refractivity contribution in [1.82, 2.24) is 10.2 Å². The Morgan fingerprint density at radius 2 is 1.93 bits per heavy atom. The molecular formula is C10H18N2O2. The van der Waals surface area contributed by atoms with Crippen LogP contribution in [0, 0.1) is 0 Å². The molecule has 1 N–H and O–H groups in total. The number of hydrogen-bond acceptors (Lipinski definition) is 3. The summed E-state index contributed by atoms with van der Waals surface area (Å²) in [7, 11) is 5.42. The molecule has 0 unspecified atom stereocenters. The monoisotopic (exact) mass is 198 g/mol. The number of amides is 1. The van der Waals surface area contributed by atoms with Crippen LogP contribution in [0.3, 0.4) is 0 Å². The number of carbonyl (C=O) groups excluding carboxylic acids is 2. The summed E-state index contributed by atoms with van der Waals surface area (Å²) in [6.45, 7) is 0.742. The first kappa shape index (κ1) is 12.8. The number of ketones is 1. The Morgan fingerprint density at radius 1 is 1.29 bits per heavy atom. The molecule has 14 heavy (non-hydrogen) atoms. The highest BCUT2D eigenvalue weighted by molar-refractivity contribution is 5.92. The van der Waals surface area contributed by atoms with Gasteiger partial charge in [0.2, 0.25) is 5.91 Å². The van der Waals surface area contributed by atoms with Crippen LogP contribution >= 0.6 is 0 Å². The van der Waals surface area contributed by atoms with Gasteiger partial charge in [-0.1, -0.05) is 6.08 Å². The first-order chi connectivity index (χ1) is 6.56. The van der Waals surface area contributed by atoms with Gasteiger partial charge in [0.05, 0.1) is 0 Å². The van der Waals surface area contributed by atoms with Gasteiger partial charge in [-0.05, 0) is 20.2 Å². The zero-order valence-electron chi connectivity index (χ0n) is 9.04. The van der Waals surface area contributed by atoms with Gasteiger partial charge < -0.3 is 10.2 Å². The van der Waals surface area contributed by atoms with E-state index in [9.17, 15) is 9.59 Å². The lowest BCUT2D eigenvalue weighted by molar-refractivity contribution is -0.123. The Kier molecular flexibility index (Phi) is 6.66. The number of rotatable bonds is 6. The lowest BCUT2D eigenvalue weighted by atomic mass is 10.2. The number of likely N-dealkylation sites (N-methyl/N-ethyl adjacent to an activating group) is 1. The summed E-state index contributed by atoms with van der Waals surface area (Å²) >= 11 is 0. The minimum Gasteiger partial charge on any atom is -0.359 e. The van der Waals surface area contributed by atoms with Crippen LogP contribution in [0.5, 0.6) is 0 Å². The molecule has 0 aromatic rings. The third-order valence-corrected chi connectivity index (χ3v) is 1.65. The van der Waals surface area contributed by atoms with Crippen molar-refractivity contribution >= 4 is 11.7 Å². The summed E-state index contributed by atoms with van der Waals surface area (Å²) < 4.78 is 0. The zero-order valence-corrected chi connectivity index (χ0v) is 9.04. The third kappa shape index (κ3) is 7.49. The van der Waals surface area contributed by atoms with E-state index < -0.39 is 0 Å². The average Bonchev–Trinajstić information content (AvgIpc) is 2.13. The van der Waals surface area contributed by atoms with Gasteiger partial charge in [-0.15, -0.1) is 0 Å². The van der Waals surface area contributed by atoms with Gasteiger partial charge in [0, 0.05) is 26.4 Å². The second-order valence-corrected chi connectivity index (χ2v) is 3.30. The molecule has 0 radical (unpaired) electrons. The highest BCUT2D eigenvalue weighted by Crippen LogP contribution is 1.92. The molecule has 0 spiro atoms. The zero-order chi connectivity index (χ0) is 11.0. The Morgan fingerprint density at radius 3 is 2.43 bits per heavy atom. The third-order valence-electron chi connectivity index (χ3n) is 1.65. The molecule has 0 bridgehead atoms. The van der Waals surface area contributed by atoms with Crippen LogP contribution in [-0.4, -0.2) is 44.3 Å². The Bertz CT molecular complexity index is 222. The van der Waals surface area contributed by atoms with E-state index in [4.69, 9.17) is 0 Å². The summed E-state index contributed by atoms with van der Waals surface area (Å²) in [6, 6.07) is 0. The highest BCUT2D eigenvalue weighted by Gasteiger charge is 2.01. The maximum atomic E-state index is 11.2. The molecule has 4 heteroatoms. The van der Waals surface area contributed by atoms with E-state index >= 15 is 0 Å². The van der Waals surface area contributed by atoms with Crippen LogP contribution in [0.25, 0.3) is 0 Å². The normalized spacial score (nSPS) is 10.9. The van der Waals surface area contributed by atoms with Crippen molar-refractivity contribution in [2.24, 2.45) is 0 Å². The van der Waals surface area contributed by atoms with Crippen molar-refractivity contribution in [3.05, 3.63) is 12.2 Å². The summed E-state index contributed by atoms with van der Waals surface area (Å²) in [5, 5.41) is 2.47. The highest BCUT2D eigenvalue weighted by atomic mass is 16.1. The fourth-order valence-corrected chi connectivity index (χ4v) is 0.840. The lowest BCUT2D eigenvalue weighted by Gasteiger charge is -2.03. The van der Waals surface area contributed by atoms with Gasteiger partial charge in [0.25, 0.3) is 0 Å². The lowest BCUT2D eigenvalue weighted by Crippen LogP contribution is -2.18. The van der Waals surface area contributed by atoms with Gasteiger partial charge in [0.1, 0.15) is 0 Å². The van der Waals surface area contributed by atoms with Crippen LogP contribution in [0.4, 0.5) is 0 Å². The largest absolute Gasteiger partial charge is 0.359 e. The quantitative estimate of drug-likeness (QED) is 0.620. The number of nitrogens with zero attached hydrogens (tertiary/aromatic N) is 1. The Hall–Kier alpha value is -1.16. The molecule has 0 aliphatic carbocycles. The second-order valence-electron chi connectivity index (χ2n) is 3.30. The molecule has 0 rings (SSSR count). The van der Waals surface area contributed by atoms with E-state index in [2.05, 4.69) is 5.32 Å². The molecule has 0 aliphatic heterocycles. The standard InChI is InChI=1S/C10H18N2O2/c1-11-10(14)7-6-9(13)5-4-8-12(2)3/h4-5H,6-8H2,1-3H3,(H,11,14)/b5-4+. The molecule has 1 amide bonds. The molecule has 0 atom stereocenters. The van der Waals surface area contributed by atoms with Crippen LogP contribution in [0.1, 0.15) is 12.8 Å². The molecule has 0 aromatic heterocycles. The van der Waals surface area contributed by atoms with Gasteiger partial charge in [-0.2, -0.15) is 0 Å². The molecule has 0 fully saturated rings. The fourth-order valence-electron chi connectivity index (χ4n) is 0.840. The van der Waals surface area contributed by atoms with Crippen LogP contribution in [0.15, 0.2) is 12.2 Å². The Labute approximate surface area is 85.0 Å². The smallest absolute Gasteiger partial charge is 0.220 e. The molecule has 80 valence electrons. The summed E-state index contributed by atoms with van der Waals surface area (Å²) in [5.41, 5.74) is 0. The number of carbonyl (C=O) groups is 2. The van der Waals surface area contributed by atoms with Crippen molar-refractivity contribution in [2.75, 3.05) is 27.7 Å². The molecule has 0 heterocycles. The summed E-state index contributed by atoms with van der Waals surface area (Å²) in [5.74, 6) is -0.102. The van der Waals surface area contributed by atoms with Crippen LogP contribution < -0.4 is 5.32 Å². The van der Waals surface area contributed by atoms with Gasteiger partial charge >= 0.3 is 0 Å². The van der Waals surface area contributed by atoms with Crippen molar-refractivity contribution in [3.63, 3.8) is 0 Å². The van der Waals surface area contributed by atoms with Crippen LogP contribution in [0.2, 0.25) is 0 Å². The minimum atomic E-state index is -0.0978. The Balaban J connectivity index is 3.65. The second kappa shape index (κ2) is 7.26. The molecular weight excluding hydrogens is 180 g/mol. The van der Waals surface area contributed by atoms with Crippen molar-refractivity contribution in [3.8, 4) is 0 Å². The molecule has 0 aliphatic rings. The summed E-state index contributed by atoms with van der Waals surface area (Å²) in [4.78, 5) is 23.9. The fraction of sp³-hybridized carbons (Fsp3) is 0.600. The SMILES string of the molecule is CNC(=O)CCC(=O)/C=C/CN(C)C. The predicted molar refractivity (Wildman–Crippen MR) is 56.0 cm³/mol. The maximum absolute atomic E-state index is 11.2. The van der Waals surface area contributed by atoms with Crippen LogP contribution in [-0.2, 0) is 9.59 Å². The number of hydrogen-bond donors (Lipinski definition) is 1. The number of nitrogens with one attached hydrogen (secondary N) is 1.